The van der Waals surface area contributed by atoms with E-state index < -0.39 is 17.9 Å². The van der Waals surface area contributed by atoms with Crippen LogP contribution in [0.2, 0.25) is 0 Å². The molecule has 0 unspecified atom stereocenters. The Bertz CT molecular complexity index is 814. The van der Waals surface area contributed by atoms with Gasteiger partial charge in [0.05, 0.1) is 10.4 Å². The largest absolute Gasteiger partial charge is 0.451 e. The highest BCUT2D eigenvalue weighted by atomic mass is 32.1. The summed E-state index contributed by atoms with van der Waals surface area (Å²) < 4.78 is 42.3. The first-order valence-electron chi connectivity index (χ1n) is 6.01. The summed E-state index contributed by atoms with van der Waals surface area (Å²) in [7, 11) is 0. The number of amides is 1. The van der Waals surface area contributed by atoms with Gasteiger partial charge in [-0.15, -0.1) is 16.4 Å². The topological polar surface area (TPSA) is 93.8 Å². The van der Waals surface area contributed by atoms with Crippen molar-refractivity contribution >= 4 is 23.3 Å². The zero-order chi connectivity index (χ0) is 16.4. The van der Waals surface area contributed by atoms with Gasteiger partial charge in [0.1, 0.15) is 0 Å². The summed E-state index contributed by atoms with van der Waals surface area (Å²) in [5.41, 5.74) is -0.172. The summed E-state index contributed by atoms with van der Waals surface area (Å²) in [6.07, 6.45) is -3.14. The fourth-order valence-corrected chi connectivity index (χ4v) is 2.18. The fourth-order valence-electron chi connectivity index (χ4n) is 1.53. The van der Waals surface area contributed by atoms with Crippen LogP contribution in [0.5, 0.6) is 0 Å². The van der Waals surface area contributed by atoms with Crippen molar-refractivity contribution in [2.24, 2.45) is 0 Å². The van der Waals surface area contributed by atoms with Crippen LogP contribution in [0.3, 0.4) is 0 Å². The van der Waals surface area contributed by atoms with Gasteiger partial charge in [-0.2, -0.15) is 13.2 Å². The Morgan fingerprint density at radius 3 is 2.57 bits per heavy atom. The monoisotopic (exact) mass is 341 g/mol. The van der Waals surface area contributed by atoms with E-state index in [1.54, 1.807) is 12.1 Å². The molecule has 0 aliphatic heterocycles. The van der Waals surface area contributed by atoms with Gasteiger partial charge < -0.3 is 4.42 Å². The normalized spacial score (nSPS) is 11.4. The van der Waals surface area contributed by atoms with Crippen LogP contribution < -0.4 is 5.32 Å². The molecule has 3 rings (SSSR count). The number of aromatic nitrogens is 4. The van der Waals surface area contributed by atoms with Gasteiger partial charge in [-0.3, -0.25) is 10.1 Å². The van der Waals surface area contributed by atoms with Crippen LogP contribution in [-0.4, -0.2) is 26.1 Å². The van der Waals surface area contributed by atoms with Gasteiger partial charge in [0.15, 0.2) is 0 Å². The molecule has 0 spiro atoms. The Balaban J connectivity index is 1.72. The third kappa shape index (κ3) is 3.34. The Morgan fingerprint density at radius 1 is 1.22 bits per heavy atom. The van der Waals surface area contributed by atoms with Crippen molar-refractivity contribution in [2.45, 2.75) is 6.18 Å². The smallest absolute Gasteiger partial charge is 0.402 e. The quantitative estimate of drug-likeness (QED) is 0.787. The van der Waals surface area contributed by atoms with E-state index in [-0.39, 0.29) is 17.5 Å². The molecule has 3 aromatic heterocycles. The second kappa shape index (κ2) is 5.76. The fraction of sp³-hybridized carbons (Fsp3) is 0.0833. The number of alkyl halides is 3. The van der Waals surface area contributed by atoms with Crippen molar-refractivity contribution in [3.8, 4) is 10.8 Å². The number of nitrogens with one attached hydrogen (secondary N) is 1. The lowest BCUT2D eigenvalue weighted by Gasteiger charge is -2.04. The maximum Gasteiger partial charge on any atom is 0.451 e. The number of carbonyl (C=O) groups is 1. The highest BCUT2D eigenvalue weighted by Gasteiger charge is 2.34. The average Bonchev–Trinajstić information content (AvgIpc) is 3.17. The number of hydrogen-bond donors (Lipinski definition) is 1. The summed E-state index contributed by atoms with van der Waals surface area (Å²) in [5.74, 6) is -1.87. The molecular weight excluding hydrogens is 335 g/mol. The van der Waals surface area contributed by atoms with E-state index in [0.717, 1.165) is 17.3 Å². The van der Waals surface area contributed by atoms with Gasteiger partial charge in [-0.05, 0) is 11.4 Å². The van der Waals surface area contributed by atoms with Gasteiger partial charge in [0, 0.05) is 12.4 Å². The number of thiophene rings is 1. The molecule has 3 aromatic rings. The highest BCUT2D eigenvalue weighted by Crippen LogP contribution is 2.26. The summed E-state index contributed by atoms with van der Waals surface area (Å²) in [6.45, 7) is 0. The minimum absolute atomic E-state index is 0.172. The van der Waals surface area contributed by atoms with E-state index in [0.29, 0.717) is 0 Å². The molecule has 3 heterocycles. The van der Waals surface area contributed by atoms with Crippen molar-refractivity contribution in [2.75, 3.05) is 5.32 Å². The van der Waals surface area contributed by atoms with Crippen LogP contribution in [0.1, 0.15) is 16.2 Å². The molecule has 0 fully saturated rings. The molecule has 0 radical (unpaired) electrons. The molecule has 0 aliphatic carbocycles. The lowest BCUT2D eigenvalue weighted by atomic mass is 10.3. The Kier molecular flexibility index (Phi) is 3.78. The molecular formula is C12H6F3N5O2S. The zero-order valence-electron chi connectivity index (χ0n) is 11.0. The number of anilines is 1. The van der Waals surface area contributed by atoms with Gasteiger partial charge >= 0.3 is 12.2 Å². The number of carbonyl (C=O) groups excluding carboxylic acids is 1. The van der Waals surface area contributed by atoms with E-state index in [9.17, 15) is 18.0 Å². The van der Waals surface area contributed by atoms with Gasteiger partial charge in [0.2, 0.25) is 5.82 Å². The molecule has 0 bridgehead atoms. The molecule has 1 N–H and O–H groups in total. The van der Waals surface area contributed by atoms with Crippen LogP contribution in [0, 0.1) is 0 Å². The first-order chi connectivity index (χ1) is 10.9. The van der Waals surface area contributed by atoms with Crippen molar-refractivity contribution < 1.29 is 22.4 Å². The standard InChI is InChI=1S/C12H6F3N5O2S/c13-12(14,15)10-16-4-6(5-17-10)8(21)18-11-20-19-9(22-11)7-2-1-3-23-7/h1-5H,(H,18,20,21). The third-order valence-corrected chi connectivity index (χ3v) is 3.40. The zero-order valence-corrected chi connectivity index (χ0v) is 11.9. The summed E-state index contributed by atoms with van der Waals surface area (Å²) in [4.78, 5) is 18.8. The molecule has 0 aromatic carbocycles. The Hall–Kier alpha value is -2.82. The summed E-state index contributed by atoms with van der Waals surface area (Å²) in [5, 5.41) is 11.5. The van der Waals surface area contributed by atoms with Crippen LogP contribution >= 0.6 is 11.3 Å². The third-order valence-electron chi connectivity index (χ3n) is 2.54. The molecule has 118 valence electrons. The number of hydrogen-bond acceptors (Lipinski definition) is 7. The predicted molar refractivity (Wildman–Crippen MR) is 72.6 cm³/mol. The Morgan fingerprint density at radius 2 is 1.96 bits per heavy atom. The van der Waals surface area contributed by atoms with Crippen LogP contribution in [0.4, 0.5) is 19.2 Å². The van der Waals surface area contributed by atoms with Crippen molar-refractivity contribution in [3.05, 3.63) is 41.3 Å². The summed E-state index contributed by atoms with van der Waals surface area (Å²) >= 11 is 1.37. The number of nitrogens with zero attached hydrogens (tertiary/aromatic N) is 4. The first-order valence-corrected chi connectivity index (χ1v) is 6.89. The maximum atomic E-state index is 12.3. The van der Waals surface area contributed by atoms with E-state index >= 15 is 0 Å². The van der Waals surface area contributed by atoms with Crippen molar-refractivity contribution in [1.82, 2.24) is 20.2 Å². The predicted octanol–water partition coefficient (Wildman–Crippen LogP) is 2.86. The van der Waals surface area contributed by atoms with E-state index in [4.69, 9.17) is 4.42 Å². The summed E-state index contributed by atoms with van der Waals surface area (Å²) in [6, 6.07) is 3.37. The molecule has 11 heteroatoms. The highest BCUT2D eigenvalue weighted by molar-refractivity contribution is 7.13. The van der Waals surface area contributed by atoms with E-state index in [1.165, 1.54) is 11.3 Å². The Labute approximate surface area is 130 Å². The van der Waals surface area contributed by atoms with Crippen LogP contribution in [-0.2, 0) is 6.18 Å². The van der Waals surface area contributed by atoms with E-state index in [1.807, 2.05) is 5.38 Å². The lowest BCUT2D eigenvalue weighted by Crippen LogP contribution is -2.16. The lowest BCUT2D eigenvalue weighted by molar-refractivity contribution is -0.145. The van der Waals surface area contributed by atoms with Crippen molar-refractivity contribution in [1.29, 1.82) is 0 Å². The second-order valence-electron chi connectivity index (χ2n) is 4.14. The minimum atomic E-state index is -4.67. The maximum absolute atomic E-state index is 12.3. The molecule has 7 nitrogen and oxygen atoms in total. The minimum Gasteiger partial charge on any atom is -0.402 e. The van der Waals surface area contributed by atoms with Gasteiger partial charge in [-0.1, -0.05) is 11.2 Å². The SMILES string of the molecule is O=C(Nc1nnc(-c2cccs2)o1)c1cnc(C(F)(F)F)nc1. The molecule has 0 atom stereocenters. The van der Waals surface area contributed by atoms with E-state index in [2.05, 4.69) is 25.5 Å². The number of rotatable bonds is 3. The van der Waals surface area contributed by atoms with Gasteiger partial charge in [-0.25, -0.2) is 9.97 Å². The van der Waals surface area contributed by atoms with Gasteiger partial charge in [0.25, 0.3) is 11.8 Å². The van der Waals surface area contributed by atoms with Crippen LogP contribution in [0.15, 0.2) is 34.3 Å². The molecule has 23 heavy (non-hydrogen) atoms. The molecule has 0 saturated heterocycles. The second-order valence-corrected chi connectivity index (χ2v) is 5.08. The molecule has 0 aliphatic rings. The molecule has 0 saturated carbocycles. The average molecular weight is 341 g/mol. The molecule has 1 amide bonds. The van der Waals surface area contributed by atoms with Crippen molar-refractivity contribution in [3.63, 3.8) is 0 Å². The first kappa shape index (κ1) is 15.1. The number of halogens is 3. The van der Waals surface area contributed by atoms with Crippen LogP contribution in [0.25, 0.3) is 10.8 Å².